The van der Waals surface area contributed by atoms with Gasteiger partial charge in [-0.3, -0.25) is 9.59 Å². The number of piperidine rings is 1. The molecule has 4 rings (SSSR count). The van der Waals surface area contributed by atoms with Gasteiger partial charge in [0.15, 0.2) is 0 Å². The van der Waals surface area contributed by atoms with E-state index in [0.29, 0.717) is 4.88 Å². The van der Waals surface area contributed by atoms with Gasteiger partial charge in [0.25, 0.3) is 15.9 Å². The Balaban J connectivity index is 1.33. The van der Waals surface area contributed by atoms with Gasteiger partial charge in [-0.25, -0.2) is 8.42 Å². The molecular weight excluding hydrogens is 503 g/mol. The fraction of sp³-hybridized carbons (Fsp3) is 0.429. The second-order valence-electron chi connectivity index (χ2n) is 7.95. The highest BCUT2D eigenvalue weighted by Crippen LogP contribution is 2.35. The van der Waals surface area contributed by atoms with Gasteiger partial charge in [0, 0.05) is 16.8 Å². The highest BCUT2D eigenvalue weighted by atomic mass is 32.2. The van der Waals surface area contributed by atoms with E-state index in [4.69, 9.17) is 0 Å². The van der Waals surface area contributed by atoms with E-state index < -0.39 is 27.9 Å². The van der Waals surface area contributed by atoms with Crippen LogP contribution in [0.2, 0.25) is 0 Å². The van der Waals surface area contributed by atoms with Crippen LogP contribution in [0.25, 0.3) is 9.40 Å². The molecule has 0 spiro atoms. The number of nitrogens with one attached hydrogen (secondary N) is 3. The number of carbonyl (C=O) groups is 2. The van der Waals surface area contributed by atoms with Crippen molar-refractivity contribution in [2.75, 3.05) is 19.6 Å². The summed E-state index contributed by atoms with van der Waals surface area (Å²) in [7, 11) is -3.97. The summed E-state index contributed by atoms with van der Waals surface area (Å²) < 4.78 is 27.9. The summed E-state index contributed by atoms with van der Waals surface area (Å²) in [5, 5.41) is 17.9. The molecule has 1 atom stereocenters. The first kappa shape index (κ1) is 24.3. The van der Waals surface area contributed by atoms with Gasteiger partial charge in [0.2, 0.25) is 0 Å². The molecule has 178 valence electrons. The number of aliphatic carboxylic acids is 1. The number of aryl methyl sites for hydroxylation is 1. The summed E-state index contributed by atoms with van der Waals surface area (Å²) in [5.41, 5.74) is 0. The zero-order valence-corrected chi connectivity index (χ0v) is 21.0. The van der Waals surface area contributed by atoms with Crippen LogP contribution in [0.1, 0.15) is 33.8 Å². The van der Waals surface area contributed by atoms with Crippen LogP contribution in [-0.4, -0.2) is 51.1 Å². The number of carboxylic acid groups (broad SMARTS) is 1. The number of carbonyl (C=O) groups excluding carboxylic acids is 1. The van der Waals surface area contributed by atoms with Gasteiger partial charge in [-0.15, -0.1) is 34.0 Å². The van der Waals surface area contributed by atoms with Crippen molar-refractivity contribution in [1.29, 1.82) is 0 Å². The smallest absolute Gasteiger partial charge is 0.323 e. The molecule has 1 fully saturated rings. The molecule has 3 aromatic rings. The molecule has 1 aliphatic rings. The summed E-state index contributed by atoms with van der Waals surface area (Å²) in [6.07, 6.45) is 4.68. The maximum absolute atomic E-state index is 12.6. The molecule has 0 saturated carbocycles. The Kier molecular flexibility index (Phi) is 7.82. The van der Waals surface area contributed by atoms with E-state index in [9.17, 15) is 23.1 Å². The standard InChI is InChI=1S/C21H25N3O5S4/c25-19(23-12-16(20(26)27)24-33(28,29)18-2-1-9-30-18)17-11-14-10-15(31-21(14)32-17)4-3-13-5-7-22-8-6-13/h1-2,9-11,13,16,22,24H,3-8,12H2,(H,23,25)(H,26,27)/t16-/m0/s1. The molecule has 1 aliphatic heterocycles. The number of sulfonamides is 1. The second kappa shape index (κ2) is 10.6. The summed E-state index contributed by atoms with van der Waals surface area (Å²) >= 11 is 4.06. The highest BCUT2D eigenvalue weighted by Gasteiger charge is 2.27. The lowest BCUT2D eigenvalue weighted by Crippen LogP contribution is -2.48. The molecule has 33 heavy (non-hydrogen) atoms. The van der Waals surface area contributed by atoms with Crippen LogP contribution < -0.4 is 15.4 Å². The fourth-order valence-corrected chi connectivity index (χ4v) is 8.39. The predicted octanol–water partition coefficient (Wildman–Crippen LogP) is 3.12. The molecule has 4 N–H and O–H groups in total. The monoisotopic (exact) mass is 527 g/mol. The third kappa shape index (κ3) is 6.19. The molecule has 0 bridgehead atoms. The summed E-state index contributed by atoms with van der Waals surface area (Å²) in [5.74, 6) is -1.01. The molecule has 3 aromatic heterocycles. The first-order chi connectivity index (χ1) is 15.8. The van der Waals surface area contributed by atoms with E-state index in [2.05, 4.69) is 21.4 Å². The number of amides is 1. The Morgan fingerprint density at radius 3 is 2.67 bits per heavy atom. The minimum absolute atomic E-state index is 0.0227. The van der Waals surface area contributed by atoms with Crippen molar-refractivity contribution in [3.8, 4) is 0 Å². The van der Waals surface area contributed by atoms with Crippen LogP contribution in [-0.2, 0) is 21.2 Å². The number of hydrogen-bond donors (Lipinski definition) is 4. The first-order valence-electron chi connectivity index (χ1n) is 10.6. The topological polar surface area (TPSA) is 125 Å². The van der Waals surface area contributed by atoms with Crippen molar-refractivity contribution in [2.24, 2.45) is 5.92 Å². The fourth-order valence-electron chi connectivity index (χ4n) is 3.77. The summed E-state index contributed by atoms with van der Waals surface area (Å²) in [4.78, 5) is 25.9. The molecule has 1 saturated heterocycles. The van der Waals surface area contributed by atoms with Crippen molar-refractivity contribution >= 4 is 65.3 Å². The Bertz CT molecular complexity index is 1180. The van der Waals surface area contributed by atoms with Gasteiger partial charge in [-0.05, 0) is 68.3 Å². The van der Waals surface area contributed by atoms with Gasteiger partial charge < -0.3 is 15.7 Å². The predicted molar refractivity (Wildman–Crippen MR) is 132 cm³/mol. The molecule has 12 heteroatoms. The maximum Gasteiger partial charge on any atom is 0.323 e. The van der Waals surface area contributed by atoms with Crippen LogP contribution >= 0.6 is 34.0 Å². The minimum atomic E-state index is -3.97. The van der Waals surface area contributed by atoms with Crippen LogP contribution in [0, 0.1) is 5.92 Å². The molecule has 0 aromatic carbocycles. The molecule has 4 heterocycles. The number of fused-ring (bicyclic) bond motifs is 1. The van der Waals surface area contributed by atoms with Gasteiger partial charge in [-0.2, -0.15) is 4.72 Å². The molecule has 0 radical (unpaired) electrons. The van der Waals surface area contributed by atoms with Gasteiger partial charge in [-0.1, -0.05) is 6.07 Å². The van der Waals surface area contributed by atoms with E-state index >= 15 is 0 Å². The average molecular weight is 528 g/mol. The van der Waals surface area contributed by atoms with Crippen LogP contribution in [0.4, 0.5) is 0 Å². The Labute approximate surface area is 204 Å². The maximum atomic E-state index is 12.6. The lowest BCUT2D eigenvalue weighted by Gasteiger charge is -2.22. The molecular formula is C21H25N3O5S4. The number of rotatable bonds is 10. The van der Waals surface area contributed by atoms with Gasteiger partial charge in [0.05, 0.1) is 8.89 Å². The zero-order chi connectivity index (χ0) is 23.4. The van der Waals surface area contributed by atoms with Crippen molar-refractivity contribution in [3.63, 3.8) is 0 Å². The number of thiophene rings is 3. The zero-order valence-electron chi connectivity index (χ0n) is 17.7. The van der Waals surface area contributed by atoms with Crippen LogP contribution in [0.3, 0.4) is 0 Å². The number of carboxylic acids is 1. The quantitative estimate of drug-likeness (QED) is 0.321. The van der Waals surface area contributed by atoms with E-state index in [1.165, 1.54) is 41.5 Å². The van der Waals surface area contributed by atoms with E-state index in [1.807, 2.05) is 6.07 Å². The Morgan fingerprint density at radius 1 is 1.21 bits per heavy atom. The SMILES string of the molecule is O=C(NC[C@H](NS(=O)(=O)c1cccs1)C(=O)O)c1cc2cc(CCC3CCNCC3)sc2s1. The third-order valence-corrected chi connectivity index (χ3v) is 10.9. The third-order valence-electron chi connectivity index (χ3n) is 5.57. The van der Waals surface area contributed by atoms with Gasteiger partial charge >= 0.3 is 5.97 Å². The van der Waals surface area contributed by atoms with E-state index in [0.717, 1.165) is 46.2 Å². The molecule has 0 aliphatic carbocycles. The highest BCUT2D eigenvalue weighted by molar-refractivity contribution is 7.91. The Hall–Kier alpha value is -1.83. The lowest BCUT2D eigenvalue weighted by molar-refractivity contribution is -0.138. The minimum Gasteiger partial charge on any atom is -0.480 e. The summed E-state index contributed by atoms with van der Waals surface area (Å²) in [6.45, 7) is 1.84. The Morgan fingerprint density at radius 2 is 2.00 bits per heavy atom. The second-order valence-corrected chi connectivity index (χ2v) is 13.3. The molecule has 8 nitrogen and oxygen atoms in total. The number of hydrogen-bond acceptors (Lipinski definition) is 8. The van der Waals surface area contributed by atoms with Crippen molar-refractivity contribution in [1.82, 2.24) is 15.4 Å². The largest absolute Gasteiger partial charge is 0.480 e. The molecule has 0 unspecified atom stereocenters. The first-order valence-corrected chi connectivity index (χ1v) is 14.6. The van der Waals surface area contributed by atoms with E-state index in [1.54, 1.807) is 22.8 Å². The van der Waals surface area contributed by atoms with Crippen LogP contribution in [0.5, 0.6) is 0 Å². The molecule has 1 amide bonds. The van der Waals surface area contributed by atoms with E-state index in [-0.39, 0.29) is 10.8 Å². The average Bonchev–Trinajstić information content (AvgIpc) is 3.52. The lowest BCUT2D eigenvalue weighted by atomic mass is 9.93. The normalized spacial score (nSPS) is 16.1. The van der Waals surface area contributed by atoms with Crippen molar-refractivity contribution in [3.05, 3.63) is 39.4 Å². The van der Waals surface area contributed by atoms with Crippen molar-refractivity contribution in [2.45, 2.75) is 35.9 Å². The van der Waals surface area contributed by atoms with Gasteiger partial charge in [0.1, 0.15) is 10.3 Å². The van der Waals surface area contributed by atoms with Crippen molar-refractivity contribution < 1.29 is 23.1 Å². The summed E-state index contributed by atoms with van der Waals surface area (Å²) in [6, 6.07) is 5.43. The van der Waals surface area contributed by atoms with Crippen LogP contribution in [0.15, 0.2) is 33.9 Å².